The topological polar surface area (TPSA) is 29.1 Å². The van der Waals surface area contributed by atoms with Crippen LogP contribution in [0.3, 0.4) is 0 Å². The molecule has 2 aromatic rings. The molecule has 2 nitrogen and oxygen atoms in total. The van der Waals surface area contributed by atoms with Crippen LogP contribution in [0.15, 0.2) is 36.4 Å². The van der Waals surface area contributed by atoms with Crippen molar-refractivity contribution in [3.8, 4) is 0 Å². The van der Waals surface area contributed by atoms with Crippen molar-refractivity contribution in [2.75, 3.05) is 0 Å². The summed E-state index contributed by atoms with van der Waals surface area (Å²) in [5.41, 5.74) is -0.647. The molecule has 1 unspecified atom stereocenters. The van der Waals surface area contributed by atoms with Gasteiger partial charge >= 0.3 is 0 Å². The molecular weight excluding hydrogens is 339 g/mol. The van der Waals surface area contributed by atoms with E-state index < -0.39 is 23.8 Å². The molecule has 3 rings (SSSR count). The molecule has 0 saturated heterocycles. The first kappa shape index (κ1) is 18.7. The number of carbonyl (C=O) groups excluding carboxylic acids is 1. The minimum atomic E-state index is -2.88. The second kappa shape index (κ2) is 6.29. The average molecular weight is 363 g/mol. The van der Waals surface area contributed by atoms with Gasteiger partial charge < -0.3 is 5.32 Å². The first-order valence-electron chi connectivity index (χ1n) is 8.87. The summed E-state index contributed by atoms with van der Waals surface area (Å²) >= 11 is 0. The van der Waals surface area contributed by atoms with E-state index in [4.69, 9.17) is 0 Å². The van der Waals surface area contributed by atoms with Crippen molar-refractivity contribution in [2.24, 2.45) is 5.41 Å². The quantitative estimate of drug-likeness (QED) is 0.700. The van der Waals surface area contributed by atoms with E-state index in [1.165, 1.54) is 12.1 Å². The first-order valence-corrected chi connectivity index (χ1v) is 8.87. The van der Waals surface area contributed by atoms with Crippen LogP contribution in [0.1, 0.15) is 56.8 Å². The SMILES string of the molecule is CC(F)(F)CC(C)(CC1(C)CC1)NC(=O)c1ccc2c(F)cccc2c1. The van der Waals surface area contributed by atoms with Crippen LogP contribution in [0.4, 0.5) is 13.2 Å². The maximum absolute atomic E-state index is 13.8. The highest BCUT2D eigenvalue weighted by Gasteiger charge is 2.47. The van der Waals surface area contributed by atoms with E-state index in [1.807, 2.05) is 0 Å². The Morgan fingerprint density at radius 1 is 1.19 bits per heavy atom. The van der Waals surface area contributed by atoms with Crippen LogP contribution in [0, 0.1) is 11.2 Å². The van der Waals surface area contributed by atoms with E-state index in [0.29, 0.717) is 22.8 Å². The van der Waals surface area contributed by atoms with Gasteiger partial charge in [-0.15, -0.1) is 0 Å². The number of nitrogens with one attached hydrogen (secondary N) is 1. The van der Waals surface area contributed by atoms with Crippen molar-refractivity contribution in [3.05, 3.63) is 47.8 Å². The van der Waals surface area contributed by atoms with Gasteiger partial charge in [-0.3, -0.25) is 4.79 Å². The summed E-state index contributed by atoms with van der Waals surface area (Å²) in [5, 5.41) is 3.86. The molecule has 0 spiro atoms. The lowest BCUT2D eigenvalue weighted by atomic mass is 9.83. The molecule has 1 atom stereocenters. The molecule has 0 aliphatic heterocycles. The van der Waals surface area contributed by atoms with Gasteiger partial charge in [0.1, 0.15) is 5.82 Å². The fourth-order valence-electron chi connectivity index (χ4n) is 3.90. The molecule has 5 heteroatoms. The van der Waals surface area contributed by atoms with Crippen LogP contribution in [-0.4, -0.2) is 17.4 Å². The molecule has 1 aliphatic carbocycles. The van der Waals surface area contributed by atoms with E-state index in [9.17, 15) is 18.0 Å². The van der Waals surface area contributed by atoms with Crippen molar-refractivity contribution in [1.82, 2.24) is 5.32 Å². The Morgan fingerprint density at radius 3 is 2.50 bits per heavy atom. The third-order valence-electron chi connectivity index (χ3n) is 5.13. The first-order chi connectivity index (χ1) is 12.0. The smallest absolute Gasteiger partial charge is 0.251 e. The highest BCUT2D eigenvalue weighted by atomic mass is 19.3. The zero-order chi connectivity index (χ0) is 19.2. The maximum atomic E-state index is 13.8. The molecule has 0 bridgehead atoms. The van der Waals surface area contributed by atoms with E-state index >= 15 is 0 Å². The van der Waals surface area contributed by atoms with Crippen LogP contribution < -0.4 is 5.32 Å². The molecule has 1 amide bonds. The van der Waals surface area contributed by atoms with Crippen molar-refractivity contribution >= 4 is 16.7 Å². The lowest BCUT2D eigenvalue weighted by Gasteiger charge is -2.35. The fraction of sp³-hybridized carbons (Fsp3) is 0.476. The summed E-state index contributed by atoms with van der Waals surface area (Å²) in [7, 11) is 0. The van der Waals surface area contributed by atoms with Gasteiger partial charge in [0.25, 0.3) is 5.91 Å². The number of hydrogen-bond acceptors (Lipinski definition) is 1. The third-order valence-corrected chi connectivity index (χ3v) is 5.13. The predicted molar refractivity (Wildman–Crippen MR) is 97.0 cm³/mol. The number of hydrogen-bond donors (Lipinski definition) is 1. The molecule has 1 N–H and O–H groups in total. The Labute approximate surface area is 151 Å². The Bertz CT molecular complexity index is 830. The molecule has 0 aromatic heterocycles. The highest BCUT2D eigenvalue weighted by Crippen LogP contribution is 2.52. The van der Waals surface area contributed by atoms with Gasteiger partial charge in [-0.2, -0.15) is 0 Å². The number of fused-ring (bicyclic) bond motifs is 1. The maximum Gasteiger partial charge on any atom is 0.251 e. The van der Waals surface area contributed by atoms with Gasteiger partial charge in [0.05, 0.1) is 0 Å². The van der Waals surface area contributed by atoms with Crippen LogP contribution in [0.25, 0.3) is 10.8 Å². The standard InChI is InChI=1S/C21H24F3NO/c1-19(9-10-19)12-20(2,13-21(3,23)24)25-18(26)15-7-8-16-14(11-15)5-4-6-17(16)22/h4-8,11H,9-10,12-13H2,1-3H3,(H,25,26). The van der Waals surface area contributed by atoms with Gasteiger partial charge in [0.2, 0.25) is 5.92 Å². The molecule has 1 saturated carbocycles. The number of alkyl halides is 2. The highest BCUT2D eigenvalue weighted by molar-refractivity contribution is 5.99. The number of benzene rings is 2. The lowest BCUT2D eigenvalue weighted by molar-refractivity contribution is -0.0166. The van der Waals surface area contributed by atoms with Gasteiger partial charge in [0, 0.05) is 22.9 Å². The minimum absolute atomic E-state index is 0.0137. The summed E-state index contributed by atoms with van der Waals surface area (Å²) in [6, 6.07) is 9.34. The molecular formula is C21H24F3NO. The molecule has 140 valence electrons. The van der Waals surface area contributed by atoms with E-state index in [1.54, 1.807) is 31.2 Å². The van der Waals surface area contributed by atoms with Gasteiger partial charge in [-0.1, -0.05) is 25.1 Å². The molecule has 0 radical (unpaired) electrons. The molecule has 1 aliphatic rings. The summed E-state index contributed by atoms with van der Waals surface area (Å²) in [4.78, 5) is 12.7. The van der Waals surface area contributed by atoms with Crippen LogP contribution in [0.2, 0.25) is 0 Å². The Kier molecular flexibility index (Phi) is 4.53. The van der Waals surface area contributed by atoms with Gasteiger partial charge in [0.15, 0.2) is 0 Å². The summed E-state index contributed by atoms with van der Waals surface area (Å²) in [6.07, 6.45) is 2.08. The Balaban J connectivity index is 1.85. The largest absolute Gasteiger partial charge is 0.347 e. The average Bonchev–Trinajstić information content (AvgIpc) is 3.21. The number of amides is 1. The normalized spacial score (nSPS) is 18.4. The van der Waals surface area contributed by atoms with Gasteiger partial charge in [-0.05, 0) is 62.1 Å². The zero-order valence-corrected chi connectivity index (χ0v) is 15.3. The number of halogens is 3. The second-order valence-electron chi connectivity index (χ2n) is 8.42. The molecule has 26 heavy (non-hydrogen) atoms. The van der Waals surface area contributed by atoms with Crippen molar-refractivity contribution in [3.63, 3.8) is 0 Å². The van der Waals surface area contributed by atoms with Crippen LogP contribution >= 0.6 is 0 Å². The van der Waals surface area contributed by atoms with Crippen molar-refractivity contribution < 1.29 is 18.0 Å². The van der Waals surface area contributed by atoms with E-state index in [2.05, 4.69) is 12.2 Å². The lowest BCUT2D eigenvalue weighted by Crippen LogP contribution is -2.50. The summed E-state index contributed by atoms with van der Waals surface area (Å²) in [6.45, 7) is 4.63. The van der Waals surface area contributed by atoms with E-state index in [-0.39, 0.29) is 11.2 Å². The zero-order valence-electron chi connectivity index (χ0n) is 15.3. The minimum Gasteiger partial charge on any atom is -0.347 e. The monoisotopic (exact) mass is 363 g/mol. The van der Waals surface area contributed by atoms with Crippen molar-refractivity contribution in [2.45, 2.75) is 57.9 Å². The van der Waals surface area contributed by atoms with E-state index in [0.717, 1.165) is 19.8 Å². The van der Waals surface area contributed by atoms with Crippen molar-refractivity contribution in [1.29, 1.82) is 0 Å². The van der Waals surface area contributed by atoms with Gasteiger partial charge in [-0.25, -0.2) is 13.2 Å². The second-order valence-corrected chi connectivity index (χ2v) is 8.42. The predicted octanol–water partition coefficient (Wildman–Crippen LogP) is 5.70. The third kappa shape index (κ3) is 4.37. The summed E-state index contributed by atoms with van der Waals surface area (Å²) < 4.78 is 41.2. The Hall–Kier alpha value is -2.04. The van der Waals surface area contributed by atoms with Crippen LogP contribution in [-0.2, 0) is 0 Å². The summed E-state index contributed by atoms with van der Waals surface area (Å²) in [5.74, 6) is -3.64. The number of carbonyl (C=O) groups is 1. The fourth-order valence-corrected chi connectivity index (χ4v) is 3.90. The number of rotatable bonds is 6. The molecule has 1 fully saturated rings. The molecule has 2 aromatic carbocycles. The Morgan fingerprint density at radius 2 is 1.88 bits per heavy atom. The van der Waals surface area contributed by atoms with Crippen LogP contribution in [0.5, 0.6) is 0 Å². The molecule has 0 heterocycles.